The minimum atomic E-state index is -2.60. The summed E-state index contributed by atoms with van der Waals surface area (Å²) >= 11 is 0. The third kappa shape index (κ3) is 3.70. The van der Waals surface area contributed by atoms with Gasteiger partial charge < -0.3 is 10.0 Å². The summed E-state index contributed by atoms with van der Waals surface area (Å²) in [6.07, 6.45) is -0.497. The second-order valence-electron chi connectivity index (χ2n) is 4.70. The highest BCUT2D eigenvalue weighted by atomic mass is 19.3. The molecular weight excluding hydrogens is 216 g/mol. The Kier molecular flexibility index (Phi) is 4.24. The molecular formula is C11H19F2NO2. The van der Waals surface area contributed by atoms with Crippen molar-refractivity contribution in [3.63, 3.8) is 0 Å². The fourth-order valence-electron chi connectivity index (χ4n) is 2.09. The van der Waals surface area contributed by atoms with Crippen LogP contribution in [0.2, 0.25) is 0 Å². The van der Waals surface area contributed by atoms with Gasteiger partial charge in [-0.3, -0.25) is 4.79 Å². The van der Waals surface area contributed by atoms with Crippen LogP contribution in [-0.4, -0.2) is 41.5 Å². The van der Waals surface area contributed by atoms with E-state index < -0.39 is 12.0 Å². The summed E-state index contributed by atoms with van der Waals surface area (Å²) in [6, 6.07) is 0. The molecule has 0 aromatic heterocycles. The summed E-state index contributed by atoms with van der Waals surface area (Å²) < 4.78 is 25.8. The summed E-state index contributed by atoms with van der Waals surface area (Å²) in [5, 5.41) is 9.14. The lowest BCUT2D eigenvalue weighted by atomic mass is 9.86. The summed E-state index contributed by atoms with van der Waals surface area (Å²) in [7, 11) is 1.60. The number of aliphatic hydroxyl groups is 1. The molecule has 0 aromatic carbocycles. The molecule has 1 unspecified atom stereocenters. The molecule has 1 N–H and O–H groups in total. The average Bonchev–Trinajstić information content (AvgIpc) is 2.15. The van der Waals surface area contributed by atoms with Crippen molar-refractivity contribution in [2.75, 3.05) is 13.6 Å². The lowest BCUT2D eigenvalue weighted by Crippen LogP contribution is -2.40. The molecule has 1 fully saturated rings. The predicted molar refractivity (Wildman–Crippen MR) is 56.2 cm³/mol. The first-order valence-corrected chi connectivity index (χ1v) is 5.63. The molecule has 16 heavy (non-hydrogen) atoms. The van der Waals surface area contributed by atoms with Crippen LogP contribution in [0.5, 0.6) is 0 Å². The molecule has 0 radical (unpaired) electrons. The van der Waals surface area contributed by atoms with Crippen LogP contribution < -0.4 is 0 Å². The van der Waals surface area contributed by atoms with Crippen molar-refractivity contribution in [3.05, 3.63) is 0 Å². The van der Waals surface area contributed by atoms with Crippen LogP contribution in [0.1, 0.15) is 32.6 Å². The highest BCUT2D eigenvalue weighted by molar-refractivity contribution is 5.78. The molecule has 3 nitrogen and oxygen atoms in total. The van der Waals surface area contributed by atoms with Crippen LogP contribution >= 0.6 is 0 Å². The average molecular weight is 235 g/mol. The van der Waals surface area contributed by atoms with Gasteiger partial charge in [0, 0.05) is 32.4 Å². The number of rotatable bonds is 3. The molecule has 1 amide bonds. The summed E-state index contributed by atoms with van der Waals surface area (Å²) in [6.45, 7) is 1.85. The molecule has 5 heteroatoms. The molecule has 94 valence electrons. The van der Waals surface area contributed by atoms with Crippen molar-refractivity contribution in [3.8, 4) is 0 Å². The maximum Gasteiger partial charge on any atom is 0.248 e. The molecule has 1 rings (SSSR count). The van der Waals surface area contributed by atoms with Crippen LogP contribution in [-0.2, 0) is 4.79 Å². The Balaban J connectivity index is 2.44. The van der Waals surface area contributed by atoms with E-state index in [-0.39, 0.29) is 44.1 Å². The zero-order valence-corrected chi connectivity index (χ0v) is 9.75. The number of hydrogen-bond acceptors (Lipinski definition) is 2. The van der Waals surface area contributed by atoms with Crippen molar-refractivity contribution in [2.24, 2.45) is 5.92 Å². The zero-order chi connectivity index (χ0) is 12.3. The highest BCUT2D eigenvalue weighted by Crippen LogP contribution is 2.36. The third-order valence-corrected chi connectivity index (χ3v) is 2.98. The lowest BCUT2D eigenvalue weighted by molar-refractivity contribution is -0.139. The molecule has 0 aliphatic heterocycles. The van der Waals surface area contributed by atoms with Gasteiger partial charge in [0.2, 0.25) is 11.8 Å². The molecule has 0 spiro atoms. The SMILES string of the molecule is CC(O)CN(C)C(=O)C1CCC(F)(F)CC1. The smallest absolute Gasteiger partial charge is 0.248 e. The van der Waals surface area contributed by atoms with Gasteiger partial charge in [-0.15, -0.1) is 0 Å². The van der Waals surface area contributed by atoms with Gasteiger partial charge in [-0.05, 0) is 19.8 Å². The van der Waals surface area contributed by atoms with Gasteiger partial charge in [-0.1, -0.05) is 0 Å². The number of likely N-dealkylation sites (N-methyl/N-ethyl adjacent to an activating group) is 1. The van der Waals surface area contributed by atoms with Crippen LogP contribution in [0.25, 0.3) is 0 Å². The number of alkyl halides is 2. The topological polar surface area (TPSA) is 40.5 Å². The first-order valence-electron chi connectivity index (χ1n) is 5.63. The Morgan fingerprint density at radius 3 is 2.44 bits per heavy atom. The van der Waals surface area contributed by atoms with E-state index >= 15 is 0 Å². The van der Waals surface area contributed by atoms with Gasteiger partial charge in [-0.2, -0.15) is 0 Å². The Morgan fingerprint density at radius 2 is 2.00 bits per heavy atom. The van der Waals surface area contributed by atoms with E-state index in [1.165, 1.54) is 4.90 Å². The van der Waals surface area contributed by atoms with Gasteiger partial charge in [0.25, 0.3) is 0 Å². The number of amides is 1. The molecule has 1 aliphatic carbocycles. The second-order valence-corrected chi connectivity index (χ2v) is 4.70. The molecule has 1 aliphatic rings. The number of nitrogens with zero attached hydrogens (tertiary/aromatic N) is 1. The second kappa shape index (κ2) is 5.08. The fraction of sp³-hybridized carbons (Fsp3) is 0.909. The zero-order valence-electron chi connectivity index (χ0n) is 9.75. The summed E-state index contributed by atoms with van der Waals surface area (Å²) in [5.41, 5.74) is 0. The Hall–Kier alpha value is -0.710. The Bertz CT molecular complexity index is 246. The van der Waals surface area contributed by atoms with Gasteiger partial charge in [-0.25, -0.2) is 8.78 Å². The van der Waals surface area contributed by atoms with Gasteiger partial charge in [0.05, 0.1) is 6.10 Å². The predicted octanol–water partition coefficient (Wildman–Crippen LogP) is 1.65. The number of carbonyl (C=O) groups is 1. The van der Waals surface area contributed by atoms with E-state index in [2.05, 4.69) is 0 Å². The quantitative estimate of drug-likeness (QED) is 0.808. The molecule has 1 atom stereocenters. The number of carbonyl (C=O) groups excluding carboxylic acids is 1. The Labute approximate surface area is 94.4 Å². The van der Waals surface area contributed by atoms with Gasteiger partial charge in [0.15, 0.2) is 0 Å². The van der Waals surface area contributed by atoms with E-state index in [1.807, 2.05) is 0 Å². The maximum atomic E-state index is 12.9. The first-order chi connectivity index (χ1) is 7.32. The van der Waals surface area contributed by atoms with Crippen molar-refractivity contribution in [1.29, 1.82) is 0 Å². The van der Waals surface area contributed by atoms with E-state index in [9.17, 15) is 13.6 Å². The molecule has 0 aromatic rings. The van der Waals surface area contributed by atoms with Crippen molar-refractivity contribution < 1.29 is 18.7 Å². The van der Waals surface area contributed by atoms with E-state index in [0.717, 1.165) is 0 Å². The molecule has 0 saturated heterocycles. The van der Waals surface area contributed by atoms with E-state index in [1.54, 1.807) is 14.0 Å². The number of halogens is 2. The summed E-state index contributed by atoms with van der Waals surface area (Å²) in [4.78, 5) is 13.2. The molecule has 1 saturated carbocycles. The summed E-state index contributed by atoms with van der Waals surface area (Å²) in [5.74, 6) is -3.03. The largest absolute Gasteiger partial charge is 0.392 e. The molecule has 0 bridgehead atoms. The minimum absolute atomic E-state index is 0.128. The lowest BCUT2D eigenvalue weighted by Gasteiger charge is -2.30. The first kappa shape index (κ1) is 13.4. The normalized spacial score (nSPS) is 22.8. The number of aliphatic hydroxyl groups excluding tert-OH is 1. The van der Waals surface area contributed by atoms with Crippen LogP contribution in [0, 0.1) is 5.92 Å². The van der Waals surface area contributed by atoms with Crippen molar-refractivity contribution in [2.45, 2.75) is 44.6 Å². The van der Waals surface area contributed by atoms with Gasteiger partial charge >= 0.3 is 0 Å². The minimum Gasteiger partial charge on any atom is -0.392 e. The monoisotopic (exact) mass is 235 g/mol. The van der Waals surface area contributed by atoms with Crippen molar-refractivity contribution >= 4 is 5.91 Å². The Morgan fingerprint density at radius 1 is 1.50 bits per heavy atom. The van der Waals surface area contributed by atoms with Crippen molar-refractivity contribution in [1.82, 2.24) is 4.90 Å². The third-order valence-electron chi connectivity index (χ3n) is 2.98. The maximum absolute atomic E-state index is 12.9. The fourth-order valence-corrected chi connectivity index (χ4v) is 2.09. The standard InChI is InChI=1S/C11H19F2NO2/c1-8(15)7-14(2)10(16)9-3-5-11(12,13)6-4-9/h8-9,15H,3-7H2,1-2H3. The van der Waals surface area contributed by atoms with Crippen LogP contribution in [0.4, 0.5) is 8.78 Å². The van der Waals surface area contributed by atoms with Crippen LogP contribution in [0.15, 0.2) is 0 Å². The molecule has 0 heterocycles. The van der Waals surface area contributed by atoms with Crippen LogP contribution in [0.3, 0.4) is 0 Å². The van der Waals surface area contributed by atoms with Gasteiger partial charge in [0.1, 0.15) is 0 Å². The van der Waals surface area contributed by atoms with E-state index in [0.29, 0.717) is 0 Å². The van der Waals surface area contributed by atoms with E-state index in [4.69, 9.17) is 5.11 Å². The highest BCUT2D eigenvalue weighted by Gasteiger charge is 2.38. The number of hydrogen-bond donors (Lipinski definition) is 1.